The predicted octanol–water partition coefficient (Wildman–Crippen LogP) is -0.161. The molecule has 0 heterocycles. The summed E-state index contributed by atoms with van der Waals surface area (Å²) in [6, 6.07) is 6.68. The summed E-state index contributed by atoms with van der Waals surface area (Å²) < 4.78 is 1.65. The molecule has 2 rings (SSSR count). The zero-order valence-electron chi connectivity index (χ0n) is 7.02. The van der Waals surface area contributed by atoms with Crippen LogP contribution in [-0.2, 0) is 0 Å². The quantitative estimate of drug-likeness (QED) is 0.524. The van der Waals surface area contributed by atoms with Gasteiger partial charge in [0.05, 0.1) is 0 Å². The molecule has 2 aromatic rings. The van der Waals surface area contributed by atoms with Crippen molar-refractivity contribution in [2.24, 2.45) is 0 Å². The van der Waals surface area contributed by atoms with E-state index >= 15 is 0 Å². The van der Waals surface area contributed by atoms with Crippen LogP contribution in [0.25, 0.3) is 10.8 Å². The molecule has 2 N–H and O–H groups in total. The average molecular weight is 316 g/mol. The van der Waals surface area contributed by atoms with Crippen LogP contribution in [0.15, 0.2) is 24.3 Å². The first-order valence-electron chi connectivity index (χ1n) is 3.93. The SMILES string of the molecule is Oc1ccc(O)c2c([Se])ccc([Se])c12. The molecule has 0 saturated carbocycles. The topological polar surface area (TPSA) is 40.5 Å². The van der Waals surface area contributed by atoms with Gasteiger partial charge in [-0.3, -0.25) is 0 Å². The van der Waals surface area contributed by atoms with Crippen molar-refractivity contribution in [3.8, 4) is 11.5 Å². The van der Waals surface area contributed by atoms with Crippen molar-refractivity contribution in [2.75, 3.05) is 0 Å². The van der Waals surface area contributed by atoms with E-state index in [1.54, 1.807) is 0 Å². The number of aromatic hydroxyl groups is 2. The van der Waals surface area contributed by atoms with E-state index in [1.807, 2.05) is 12.1 Å². The Morgan fingerprint density at radius 1 is 0.714 bits per heavy atom. The van der Waals surface area contributed by atoms with E-state index in [2.05, 4.69) is 32.0 Å². The number of hydrogen-bond donors (Lipinski definition) is 2. The number of hydrogen-bond acceptors (Lipinski definition) is 2. The van der Waals surface area contributed by atoms with Gasteiger partial charge in [0.1, 0.15) is 0 Å². The average Bonchev–Trinajstić information content (AvgIpc) is 2.16. The van der Waals surface area contributed by atoms with E-state index in [4.69, 9.17) is 0 Å². The van der Waals surface area contributed by atoms with Crippen molar-refractivity contribution in [3.05, 3.63) is 24.3 Å². The molecular weight excluding hydrogens is 310 g/mol. The summed E-state index contributed by atoms with van der Waals surface area (Å²) in [5.41, 5.74) is 0. The molecule has 0 aliphatic rings. The maximum atomic E-state index is 9.66. The Hall–Kier alpha value is -0.661. The zero-order valence-corrected chi connectivity index (χ0v) is 10.4. The molecular formula is C10H6O2Se2. The Labute approximate surface area is 97.6 Å². The zero-order chi connectivity index (χ0) is 10.3. The molecule has 2 radical (unpaired) electrons. The Kier molecular flexibility index (Phi) is 2.46. The van der Waals surface area contributed by atoms with E-state index in [9.17, 15) is 10.2 Å². The van der Waals surface area contributed by atoms with Crippen molar-refractivity contribution in [3.63, 3.8) is 0 Å². The number of rotatable bonds is 0. The molecule has 0 aliphatic heterocycles. The second-order valence-electron chi connectivity index (χ2n) is 2.92. The fraction of sp³-hybridized carbons (Fsp3) is 0. The first kappa shape index (κ1) is 9.88. The summed E-state index contributed by atoms with van der Waals surface area (Å²) in [6.45, 7) is 0. The van der Waals surface area contributed by atoms with E-state index in [1.165, 1.54) is 12.1 Å². The van der Waals surface area contributed by atoms with Gasteiger partial charge in [0.15, 0.2) is 0 Å². The second-order valence-corrected chi connectivity index (χ2v) is 4.76. The Bertz CT molecular complexity index is 420. The third kappa shape index (κ3) is 1.41. The van der Waals surface area contributed by atoms with Crippen molar-refractivity contribution in [1.29, 1.82) is 0 Å². The molecule has 2 aromatic carbocycles. The fourth-order valence-electron chi connectivity index (χ4n) is 1.40. The van der Waals surface area contributed by atoms with Crippen LogP contribution < -0.4 is 8.92 Å². The molecule has 0 amide bonds. The predicted molar refractivity (Wildman–Crippen MR) is 58.1 cm³/mol. The molecule has 0 aliphatic carbocycles. The number of fused-ring (bicyclic) bond motifs is 1. The molecule has 0 atom stereocenters. The summed E-state index contributed by atoms with van der Waals surface area (Å²) in [7, 11) is 0. The number of phenols is 2. The van der Waals surface area contributed by atoms with E-state index in [0.29, 0.717) is 10.8 Å². The first-order valence-corrected chi connectivity index (χ1v) is 5.64. The van der Waals surface area contributed by atoms with Crippen LogP contribution in [-0.4, -0.2) is 42.2 Å². The van der Waals surface area contributed by atoms with Gasteiger partial charge in [-0.2, -0.15) is 0 Å². The van der Waals surface area contributed by atoms with Crippen LogP contribution in [0.3, 0.4) is 0 Å². The van der Waals surface area contributed by atoms with E-state index in [-0.39, 0.29) is 11.5 Å². The normalized spacial score (nSPS) is 10.6. The minimum absolute atomic E-state index is 0.170. The van der Waals surface area contributed by atoms with E-state index < -0.39 is 0 Å². The van der Waals surface area contributed by atoms with Crippen molar-refractivity contribution in [1.82, 2.24) is 0 Å². The molecule has 0 saturated heterocycles. The monoisotopic (exact) mass is 318 g/mol. The van der Waals surface area contributed by atoms with Gasteiger partial charge in [-0.15, -0.1) is 0 Å². The van der Waals surface area contributed by atoms with Crippen LogP contribution in [0.4, 0.5) is 0 Å². The Morgan fingerprint density at radius 3 is 1.43 bits per heavy atom. The van der Waals surface area contributed by atoms with Gasteiger partial charge in [-0.05, 0) is 0 Å². The van der Waals surface area contributed by atoms with Gasteiger partial charge in [0, 0.05) is 0 Å². The second kappa shape index (κ2) is 3.48. The minimum atomic E-state index is 0.170. The van der Waals surface area contributed by atoms with Gasteiger partial charge in [0.2, 0.25) is 0 Å². The summed E-state index contributed by atoms with van der Waals surface area (Å²) in [5.74, 6) is 0.340. The molecule has 0 fully saturated rings. The van der Waals surface area contributed by atoms with Gasteiger partial charge < -0.3 is 0 Å². The van der Waals surface area contributed by atoms with Crippen molar-refractivity contribution < 1.29 is 10.2 Å². The first-order chi connectivity index (χ1) is 6.61. The number of benzene rings is 2. The third-order valence-corrected chi connectivity index (χ3v) is 3.47. The fourth-order valence-corrected chi connectivity index (χ4v) is 2.55. The molecule has 2 nitrogen and oxygen atoms in total. The van der Waals surface area contributed by atoms with Crippen molar-refractivity contribution >= 4 is 51.7 Å². The van der Waals surface area contributed by atoms with Crippen molar-refractivity contribution in [2.45, 2.75) is 0 Å². The van der Waals surface area contributed by atoms with Crippen LogP contribution in [0.5, 0.6) is 11.5 Å². The van der Waals surface area contributed by atoms with Crippen LogP contribution in [0.1, 0.15) is 0 Å². The Balaban J connectivity index is 3.05. The Morgan fingerprint density at radius 2 is 1.07 bits per heavy atom. The third-order valence-electron chi connectivity index (χ3n) is 2.04. The molecule has 0 unspecified atom stereocenters. The maximum absolute atomic E-state index is 9.66. The summed E-state index contributed by atoms with van der Waals surface area (Å²) in [4.78, 5) is 0. The van der Waals surface area contributed by atoms with Gasteiger partial charge in [0.25, 0.3) is 0 Å². The molecule has 0 bridgehead atoms. The summed E-state index contributed by atoms with van der Waals surface area (Å²) in [6.07, 6.45) is 0. The van der Waals surface area contributed by atoms with Crippen LogP contribution >= 0.6 is 0 Å². The molecule has 70 valence electrons. The summed E-state index contributed by atoms with van der Waals surface area (Å²) in [5, 5.41) is 20.6. The van der Waals surface area contributed by atoms with Gasteiger partial charge in [-0.25, -0.2) is 0 Å². The molecule has 14 heavy (non-hydrogen) atoms. The molecule has 0 spiro atoms. The van der Waals surface area contributed by atoms with Gasteiger partial charge in [-0.1, -0.05) is 0 Å². The standard InChI is InChI=1S/C10H6O2Se2/c11-5-1-2-6(12)10-8(14)4-3-7(13)9(5)10/h1-4,11-12H. The summed E-state index contributed by atoms with van der Waals surface area (Å²) >= 11 is 5.71. The number of phenolic OH excluding ortho intramolecular Hbond substituents is 2. The molecule has 0 aromatic heterocycles. The van der Waals surface area contributed by atoms with Crippen LogP contribution in [0, 0.1) is 0 Å². The molecule has 4 heteroatoms. The van der Waals surface area contributed by atoms with Gasteiger partial charge >= 0.3 is 97.7 Å². The van der Waals surface area contributed by atoms with E-state index in [0.717, 1.165) is 8.92 Å². The van der Waals surface area contributed by atoms with Crippen LogP contribution in [0.2, 0.25) is 0 Å².